The summed E-state index contributed by atoms with van der Waals surface area (Å²) >= 11 is 1.25. The van der Waals surface area contributed by atoms with Gasteiger partial charge in [0.2, 0.25) is 11.8 Å². The average Bonchev–Trinajstić information content (AvgIpc) is 3.31. The number of nitrogens with one attached hydrogen (secondary N) is 1. The molecule has 0 aliphatic carbocycles. The zero-order valence-electron chi connectivity index (χ0n) is 17.9. The molecule has 4 rings (SSSR count). The van der Waals surface area contributed by atoms with Crippen molar-refractivity contribution in [3.63, 3.8) is 0 Å². The molecule has 0 saturated heterocycles. The Morgan fingerprint density at radius 1 is 0.906 bits per heavy atom. The fourth-order valence-corrected chi connectivity index (χ4v) is 4.21. The van der Waals surface area contributed by atoms with Gasteiger partial charge in [0.05, 0.1) is 5.75 Å². The van der Waals surface area contributed by atoms with Gasteiger partial charge < -0.3 is 9.73 Å². The van der Waals surface area contributed by atoms with Crippen LogP contribution in [0.15, 0.2) is 94.6 Å². The molecule has 1 aromatic heterocycles. The minimum atomic E-state index is -0.0504. The SMILES string of the molecule is Cc1ccccc1-c1nnc(SCC(=O)NCCC(c2ccccc2)c2ccccc2)o1. The summed E-state index contributed by atoms with van der Waals surface area (Å²) in [5.41, 5.74) is 4.47. The number of hydrogen-bond acceptors (Lipinski definition) is 5. The molecule has 162 valence electrons. The first kappa shape index (κ1) is 21.8. The molecule has 0 atom stereocenters. The quantitative estimate of drug-likeness (QED) is 0.347. The van der Waals surface area contributed by atoms with Crippen molar-refractivity contribution in [2.75, 3.05) is 12.3 Å². The van der Waals surface area contributed by atoms with Crippen LogP contribution < -0.4 is 5.32 Å². The van der Waals surface area contributed by atoms with Gasteiger partial charge in [-0.1, -0.05) is 90.6 Å². The molecule has 0 radical (unpaired) electrons. The van der Waals surface area contributed by atoms with E-state index in [1.807, 2.05) is 43.3 Å². The number of nitrogens with zero attached hydrogens (tertiary/aromatic N) is 2. The molecule has 1 N–H and O–H groups in total. The lowest BCUT2D eigenvalue weighted by Crippen LogP contribution is -2.27. The molecule has 5 nitrogen and oxygen atoms in total. The summed E-state index contributed by atoms with van der Waals surface area (Å²) in [6, 6.07) is 28.6. The van der Waals surface area contributed by atoms with Crippen LogP contribution in [0.3, 0.4) is 0 Å². The molecule has 32 heavy (non-hydrogen) atoms. The van der Waals surface area contributed by atoms with Crippen LogP contribution >= 0.6 is 11.8 Å². The van der Waals surface area contributed by atoms with Crippen molar-refractivity contribution in [2.45, 2.75) is 24.5 Å². The van der Waals surface area contributed by atoms with Gasteiger partial charge in [0, 0.05) is 18.0 Å². The lowest BCUT2D eigenvalue weighted by Gasteiger charge is -2.18. The van der Waals surface area contributed by atoms with Gasteiger partial charge in [-0.3, -0.25) is 4.79 Å². The molecule has 0 saturated carbocycles. The van der Waals surface area contributed by atoms with Crippen LogP contribution in [0.1, 0.15) is 29.0 Å². The molecule has 1 heterocycles. The Kier molecular flexibility index (Phi) is 7.35. The number of carbonyl (C=O) groups excluding carboxylic acids is 1. The van der Waals surface area contributed by atoms with E-state index in [0.29, 0.717) is 17.7 Å². The van der Waals surface area contributed by atoms with Crippen molar-refractivity contribution in [1.29, 1.82) is 0 Å². The highest BCUT2D eigenvalue weighted by atomic mass is 32.2. The van der Waals surface area contributed by atoms with Gasteiger partial charge in [-0.2, -0.15) is 0 Å². The van der Waals surface area contributed by atoms with Gasteiger partial charge in [0.1, 0.15) is 0 Å². The molecule has 0 aliphatic rings. The Bertz CT molecular complexity index is 1110. The number of aryl methyl sites for hydroxylation is 1. The summed E-state index contributed by atoms with van der Waals surface area (Å²) in [6.07, 6.45) is 0.822. The van der Waals surface area contributed by atoms with E-state index in [1.165, 1.54) is 22.9 Å². The lowest BCUT2D eigenvalue weighted by molar-refractivity contribution is -0.118. The van der Waals surface area contributed by atoms with Crippen LogP contribution in [0.25, 0.3) is 11.5 Å². The third kappa shape index (κ3) is 5.65. The fourth-order valence-electron chi connectivity index (χ4n) is 3.62. The average molecular weight is 444 g/mol. The lowest BCUT2D eigenvalue weighted by atomic mass is 9.88. The topological polar surface area (TPSA) is 68.0 Å². The maximum atomic E-state index is 12.4. The van der Waals surface area contributed by atoms with E-state index in [1.54, 1.807) is 0 Å². The van der Waals surface area contributed by atoms with Crippen molar-refractivity contribution in [2.24, 2.45) is 0 Å². The van der Waals surface area contributed by atoms with Gasteiger partial charge in [0.15, 0.2) is 0 Å². The van der Waals surface area contributed by atoms with Gasteiger partial charge >= 0.3 is 0 Å². The smallest absolute Gasteiger partial charge is 0.277 e. The van der Waals surface area contributed by atoms with Crippen LogP contribution in [-0.4, -0.2) is 28.4 Å². The van der Waals surface area contributed by atoms with Gasteiger partial charge in [0.25, 0.3) is 5.22 Å². The van der Waals surface area contributed by atoms with Crippen LogP contribution in [0.4, 0.5) is 0 Å². The second-order valence-corrected chi connectivity index (χ2v) is 8.42. The Balaban J connectivity index is 1.30. The minimum Gasteiger partial charge on any atom is -0.411 e. The Morgan fingerprint density at radius 3 is 2.19 bits per heavy atom. The molecule has 4 aromatic rings. The first-order chi connectivity index (χ1) is 15.7. The monoisotopic (exact) mass is 443 g/mol. The molecule has 3 aromatic carbocycles. The Hall–Kier alpha value is -3.38. The highest BCUT2D eigenvalue weighted by molar-refractivity contribution is 7.99. The van der Waals surface area contributed by atoms with Crippen molar-refractivity contribution in [3.8, 4) is 11.5 Å². The molecule has 0 spiro atoms. The van der Waals surface area contributed by atoms with Crippen LogP contribution in [-0.2, 0) is 4.79 Å². The van der Waals surface area contributed by atoms with Gasteiger partial charge in [-0.05, 0) is 36.1 Å². The van der Waals surface area contributed by atoms with Crippen LogP contribution in [0.2, 0.25) is 0 Å². The zero-order chi connectivity index (χ0) is 22.2. The van der Waals surface area contributed by atoms with E-state index >= 15 is 0 Å². The highest BCUT2D eigenvalue weighted by Crippen LogP contribution is 2.28. The van der Waals surface area contributed by atoms with E-state index in [9.17, 15) is 4.79 Å². The standard InChI is InChI=1S/C26H25N3O2S/c1-19-10-8-9-15-22(19)25-28-29-26(31-25)32-18-24(30)27-17-16-23(20-11-4-2-5-12-20)21-13-6-3-7-14-21/h2-15,23H,16-18H2,1H3,(H,27,30). The first-order valence-corrected chi connectivity index (χ1v) is 11.6. The number of aromatic nitrogens is 2. The predicted molar refractivity (Wildman–Crippen MR) is 128 cm³/mol. The third-order valence-corrected chi connectivity index (χ3v) is 6.09. The second-order valence-electron chi connectivity index (χ2n) is 7.49. The van der Waals surface area contributed by atoms with E-state index in [0.717, 1.165) is 17.5 Å². The van der Waals surface area contributed by atoms with Gasteiger partial charge in [-0.15, -0.1) is 10.2 Å². The fraction of sp³-hybridized carbons (Fsp3) is 0.192. The second kappa shape index (κ2) is 10.8. The Morgan fingerprint density at radius 2 is 1.53 bits per heavy atom. The molecule has 0 unspecified atom stereocenters. The van der Waals surface area contributed by atoms with Crippen LogP contribution in [0, 0.1) is 6.92 Å². The van der Waals surface area contributed by atoms with Crippen molar-refractivity contribution >= 4 is 17.7 Å². The molecule has 0 fully saturated rings. The molecule has 0 aliphatic heterocycles. The first-order valence-electron chi connectivity index (χ1n) is 10.6. The number of benzene rings is 3. The number of thioether (sulfide) groups is 1. The number of hydrogen-bond donors (Lipinski definition) is 1. The van der Waals surface area contributed by atoms with E-state index in [4.69, 9.17) is 4.42 Å². The molecule has 0 bridgehead atoms. The maximum Gasteiger partial charge on any atom is 0.277 e. The number of carbonyl (C=O) groups is 1. The molecule has 6 heteroatoms. The van der Waals surface area contributed by atoms with Crippen molar-refractivity contribution in [1.82, 2.24) is 15.5 Å². The maximum absolute atomic E-state index is 12.4. The van der Waals surface area contributed by atoms with Crippen molar-refractivity contribution in [3.05, 3.63) is 102 Å². The summed E-state index contributed by atoms with van der Waals surface area (Å²) in [7, 11) is 0. The van der Waals surface area contributed by atoms with E-state index in [2.05, 4.69) is 64.0 Å². The minimum absolute atomic E-state index is 0.0504. The Labute approximate surface area is 192 Å². The molecular formula is C26H25N3O2S. The van der Waals surface area contributed by atoms with Crippen LogP contribution in [0.5, 0.6) is 0 Å². The van der Waals surface area contributed by atoms with Crippen molar-refractivity contribution < 1.29 is 9.21 Å². The largest absolute Gasteiger partial charge is 0.411 e. The van der Waals surface area contributed by atoms with E-state index in [-0.39, 0.29) is 17.6 Å². The number of rotatable bonds is 9. The highest BCUT2D eigenvalue weighted by Gasteiger charge is 2.15. The molecular weight excluding hydrogens is 418 g/mol. The summed E-state index contributed by atoms with van der Waals surface area (Å²) in [5.74, 6) is 0.888. The third-order valence-electron chi connectivity index (χ3n) is 5.27. The predicted octanol–water partition coefficient (Wildman–Crippen LogP) is 5.48. The molecule has 1 amide bonds. The van der Waals surface area contributed by atoms with Gasteiger partial charge in [-0.25, -0.2) is 0 Å². The summed E-state index contributed by atoms with van der Waals surface area (Å²) in [6.45, 7) is 2.59. The number of amides is 1. The summed E-state index contributed by atoms with van der Waals surface area (Å²) in [5, 5.41) is 11.6. The normalized spacial score (nSPS) is 10.9. The zero-order valence-corrected chi connectivity index (χ0v) is 18.7. The summed E-state index contributed by atoms with van der Waals surface area (Å²) < 4.78 is 5.72. The van der Waals surface area contributed by atoms with E-state index < -0.39 is 0 Å². The summed E-state index contributed by atoms with van der Waals surface area (Å²) in [4.78, 5) is 12.4.